The fourth-order valence-corrected chi connectivity index (χ4v) is 1.37. The lowest BCUT2D eigenvalue weighted by Gasteiger charge is -1.97. The van der Waals surface area contributed by atoms with Crippen LogP contribution in [0, 0.1) is 6.92 Å². The van der Waals surface area contributed by atoms with Gasteiger partial charge in [-0.2, -0.15) is 0 Å². The first-order chi connectivity index (χ1) is 6.79. The summed E-state index contributed by atoms with van der Waals surface area (Å²) in [5, 5.41) is 0. The fraction of sp³-hybridized carbons (Fsp3) is 0.0833. The van der Waals surface area contributed by atoms with Crippen molar-refractivity contribution in [1.29, 1.82) is 0 Å². The second-order valence-electron chi connectivity index (χ2n) is 3.19. The highest BCUT2D eigenvalue weighted by molar-refractivity contribution is 5.72. The Kier molecular flexibility index (Phi) is 2.19. The summed E-state index contributed by atoms with van der Waals surface area (Å²) >= 11 is 0. The molecule has 14 heavy (non-hydrogen) atoms. The molecule has 0 fully saturated rings. The predicted octanol–water partition coefficient (Wildman–Crippen LogP) is 3.07. The molecule has 0 atom stereocenters. The SMILES string of the molecule is Cc1cccc(-c2ccc(C=O)o2)c1. The van der Waals surface area contributed by atoms with Crippen molar-refractivity contribution in [3.63, 3.8) is 0 Å². The lowest BCUT2D eigenvalue weighted by Crippen LogP contribution is -1.75. The molecule has 1 heterocycles. The summed E-state index contributed by atoms with van der Waals surface area (Å²) in [6.45, 7) is 2.02. The Morgan fingerprint density at radius 1 is 1.21 bits per heavy atom. The molecule has 1 aromatic carbocycles. The highest BCUT2D eigenvalue weighted by Gasteiger charge is 2.03. The van der Waals surface area contributed by atoms with Gasteiger partial charge in [-0.15, -0.1) is 0 Å². The minimum atomic E-state index is 0.363. The van der Waals surface area contributed by atoms with Gasteiger partial charge in [-0.3, -0.25) is 4.79 Å². The van der Waals surface area contributed by atoms with Crippen molar-refractivity contribution in [3.05, 3.63) is 47.7 Å². The summed E-state index contributed by atoms with van der Waals surface area (Å²) in [6, 6.07) is 11.4. The molecule has 0 spiro atoms. The van der Waals surface area contributed by atoms with Gasteiger partial charge in [-0.1, -0.05) is 23.8 Å². The molecule has 0 N–H and O–H groups in total. The van der Waals surface area contributed by atoms with Gasteiger partial charge in [0.25, 0.3) is 0 Å². The Morgan fingerprint density at radius 2 is 2.07 bits per heavy atom. The van der Waals surface area contributed by atoms with Gasteiger partial charge in [0.05, 0.1) is 0 Å². The highest BCUT2D eigenvalue weighted by atomic mass is 16.3. The van der Waals surface area contributed by atoms with Crippen LogP contribution in [-0.2, 0) is 0 Å². The molecule has 0 bridgehead atoms. The number of aryl methyl sites for hydroxylation is 1. The zero-order valence-corrected chi connectivity index (χ0v) is 7.86. The van der Waals surface area contributed by atoms with Gasteiger partial charge >= 0.3 is 0 Å². The number of hydrogen-bond donors (Lipinski definition) is 0. The van der Waals surface area contributed by atoms with Crippen LogP contribution in [0.25, 0.3) is 11.3 Å². The third kappa shape index (κ3) is 1.59. The quantitative estimate of drug-likeness (QED) is 0.674. The minimum Gasteiger partial charge on any atom is -0.453 e. The van der Waals surface area contributed by atoms with Crippen molar-refractivity contribution >= 4 is 6.29 Å². The largest absolute Gasteiger partial charge is 0.453 e. The Bertz CT molecular complexity index is 455. The molecule has 2 heteroatoms. The number of hydrogen-bond acceptors (Lipinski definition) is 2. The Morgan fingerprint density at radius 3 is 2.71 bits per heavy atom. The average molecular weight is 186 g/mol. The maximum absolute atomic E-state index is 10.4. The number of rotatable bonds is 2. The van der Waals surface area contributed by atoms with Crippen molar-refractivity contribution in [2.24, 2.45) is 0 Å². The van der Waals surface area contributed by atoms with E-state index < -0.39 is 0 Å². The van der Waals surface area contributed by atoms with Crippen LogP contribution in [0.5, 0.6) is 0 Å². The Labute approximate surface area is 82.2 Å². The third-order valence-corrected chi connectivity index (χ3v) is 2.05. The molecule has 0 saturated carbocycles. The minimum absolute atomic E-state index is 0.363. The molecule has 0 aliphatic carbocycles. The first kappa shape index (κ1) is 8.75. The van der Waals surface area contributed by atoms with E-state index >= 15 is 0 Å². The van der Waals surface area contributed by atoms with Gasteiger partial charge in [0.15, 0.2) is 12.0 Å². The van der Waals surface area contributed by atoms with E-state index in [4.69, 9.17) is 4.42 Å². The summed E-state index contributed by atoms with van der Waals surface area (Å²) in [7, 11) is 0. The van der Waals surface area contributed by atoms with Gasteiger partial charge in [-0.05, 0) is 25.1 Å². The topological polar surface area (TPSA) is 30.2 Å². The van der Waals surface area contributed by atoms with Crippen LogP contribution < -0.4 is 0 Å². The molecular weight excluding hydrogens is 176 g/mol. The third-order valence-electron chi connectivity index (χ3n) is 2.05. The van der Waals surface area contributed by atoms with Crippen LogP contribution in [0.15, 0.2) is 40.8 Å². The summed E-state index contributed by atoms with van der Waals surface area (Å²) < 4.78 is 5.31. The molecule has 2 nitrogen and oxygen atoms in total. The van der Waals surface area contributed by atoms with Crippen LogP contribution in [0.1, 0.15) is 16.1 Å². The summed E-state index contributed by atoms with van der Waals surface area (Å²) in [5.41, 5.74) is 2.17. The van der Waals surface area contributed by atoms with E-state index in [1.54, 1.807) is 12.1 Å². The van der Waals surface area contributed by atoms with E-state index in [9.17, 15) is 4.79 Å². The van der Waals surface area contributed by atoms with E-state index in [-0.39, 0.29) is 0 Å². The molecule has 0 saturated heterocycles. The highest BCUT2D eigenvalue weighted by Crippen LogP contribution is 2.22. The predicted molar refractivity (Wildman–Crippen MR) is 54.3 cm³/mol. The van der Waals surface area contributed by atoms with Crippen LogP contribution in [0.3, 0.4) is 0 Å². The molecule has 2 aromatic rings. The number of benzene rings is 1. The number of carbonyl (C=O) groups is 1. The lowest BCUT2D eigenvalue weighted by molar-refractivity contribution is 0.110. The molecule has 0 unspecified atom stereocenters. The molecule has 1 aromatic heterocycles. The molecule has 0 aliphatic heterocycles. The van der Waals surface area contributed by atoms with Gasteiger partial charge in [0.1, 0.15) is 5.76 Å². The second-order valence-corrected chi connectivity index (χ2v) is 3.19. The van der Waals surface area contributed by atoms with E-state index in [1.165, 1.54) is 5.56 Å². The Balaban J connectivity index is 2.43. The molecule has 70 valence electrons. The summed E-state index contributed by atoms with van der Waals surface area (Å²) in [5.74, 6) is 1.09. The maximum atomic E-state index is 10.4. The van der Waals surface area contributed by atoms with E-state index in [0.717, 1.165) is 11.3 Å². The van der Waals surface area contributed by atoms with Crippen molar-refractivity contribution in [3.8, 4) is 11.3 Å². The van der Waals surface area contributed by atoms with Crippen LogP contribution in [-0.4, -0.2) is 6.29 Å². The normalized spacial score (nSPS) is 10.1. The van der Waals surface area contributed by atoms with E-state index in [2.05, 4.69) is 0 Å². The van der Waals surface area contributed by atoms with Gasteiger partial charge < -0.3 is 4.42 Å². The average Bonchev–Trinajstić information content (AvgIpc) is 2.66. The van der Waals surface area contributed by atoms with Gasteiger partial charge in [0, 0.05) is 5.56 Å². The zero-order valence-electron chi connectivity index (χ0n) is 7.86. The molecular formula is C12H10O2. The smallest absolute Gasteiger partial charge is 0.185 e. The maximum Gasteiger partial charge on any atom is 0.185 e. The first-order valence-corrected chi connectivity index (χ1v) is 4.41. The fourth-order valence-electron chi connectivity index (χ4n) is 1.37. The summed E-state index contributed by atoms with van der Waals surface area (Å²) in [4.78, 5) is 10.4. The standard InChI is InChI=1S/C12H10O2/c1-9-3-2-4-10(7-9)12-6-5-11(8-13)14-12/h2-8H,1H3. The second kappa shape index (κ2) is 3.50. The van der Waals surface area contributed by atoms with Crippen LogP contribution in [0.2, 0.25) is 0 Å². The molecule has 2 rings (SSSR count). The van der Waals surface area contributed by atoms with Crippen LogP contribution in [0.4, 0.5) is 0 Å². The van der Waals surface area contributed by atoms with E-state index in [0.29, 0.717) is 12.0 Å². The van der Waals surface area contributed by atoms with Crippen LogP contribution >= 0.6 is 0 Å². The zero-order chi connectivity index (χ0) is 9.97. The van der Waals surface area contributed by atoms with Gasteiger partial charge in [0.2, 0.25) is 0 Å². The molecule has 0 amide bonds. The van der Waals surface area contributed by atoms with Crippen molar-refractivity contribution in [2.75, 3.05) is 0 Å². The number of aldehydes is 1. The summed E-state index contributed by atoms with van der Waals surface area (Å²) in [6.07, 6.45) is 0.708. The van der Waals surface area contributed by atoms with Crippen molar-refractivity contribution < 1.29 is 9.21 Å². The lowest BCUT2D eigenvalue weighted by atomic mass is 10.1. The molecule has 0 radical (unpaired) electrons. The van der Waals surface area contributed by atoms with Gasteiger partial charge in [-0.25, -0.2) is 0 Å². The molecule has 0 aliphatic rings. The van der Waals surface area contributed by atoms with Crippen molar-refractivity contribution in [1.82, 2.24) is 0 Å². The number of carbonyl (C=O) groups excluding carboxylic acids is 1. The van der Waals surface area contributed by atoms with Crippen molar-refractivity contribution in [2.45, 2.75) is 6.92 Å². The Hall–Kier alpha value is -1.83. The monoisotopic (exact) mass is 186 g/mol. The first-order valence-electron chi connectivity index (χ1n) is 4.41. The number of furan rings is 1. The van der Waals surface area contributed by atoms with E-state index in [1.807, 2.05) is 31.2 Å².